The van der Waals surface area contributed by atoms with Crippen molar-refractivity contribution in [2.24, 2.45) is 11.7 Å². The zero-order chi connectivity index (χ0) is 15.3. The van der Waals surface area contributed by atoms with Gasteiger partial charge in [-0.1, -0.05) is 0 Å². The molecule has 6 nitrogen and oxygen atoms in total. The lowest BCUT2D eigenvalue weighted by Crippen LogP contribution is -2.44. The van der Waals surface area contributed by atoms with E-state index >= 15 is 0 Å². The van der Waals surface area contributed by atoms with Crippen molar-refractivity contribution in [1.29, 1.82) is 0 Å². The highest BCUT2D eigenvalue weighted by molar-refractivity contribution is 5.81. The van der Waals surface area contributed by atoms with Crippen LogP contribution in [0.2, 0.25) is 0 Å². The first-order valence-electron chi connectivity index (χ1n) is 7.18. The molecule has 1 fully saturated rings. The van der Waals surface area contributed by atoms with Gasteiger partial charge in [0, 0.05) is 20.1 Å². The van der Waals surface area contributed by atoms with E-state index in [2.05, 4.69) is 5.32 Å². The van der Waals surface area contributed by atoms with Gasteiger partial charge in [0.05, 0.1) is 6.04 Å². The monoisotopic (exact) mass is 285 g/mol. The van der Waals surface area contributed by atoms with E-state index in [9.17, 15) is 9.59 Å². The average Bonchev–Trinajstić information content (AvgIpc) is 2.36. The van der Waals surface area contributed by atoms with Gasteiger partial charge in [-0.2, -0.15) is 0 Å². The molecule has 1 atom stereocenters. The zero-order valence-electron chi connectivity index (χ0n) is 12.9. The number of nitrogens with two attached hydrogens (primary N) is 1. The number of ether oxygens (including phenoxy) is 1. The third-order valence-corrected chi connectivity index (χ3v) is 3.44. The molecule has 116 valence electrons. The minimum Gasteiger partial charge on any atom is -0.444 e. The third-order valence-electron chi connectivity index (χ3n) is 3.44. The van der Waals surface area contributed by atoms with Gasteiger partial charge in [-0.25, -0.2) is 4.79 Å². The van der Waals surface area contributed by atoms with E-state index < -0.39 is 11.6 Å². The fourth-order valence-electron chi connectivity index (χ4n) is 2.33. The number of nitrogens with zero attached hydrogens (tertiary/aromatic N) is 1. The standard InChI is InChI=1S/C14H27N3O3/c1-14(2,3)20-13(19)17-7-5-10(6-8-17)9-11(15)12(18)16-4/h10-11H,5-9,15H2,1-4H3,(H,16,18)/t11-/m0/s1. The van der Waals surface area contributed by atoms with Gasteiger partial charge in [0.25, 0.3) is 0 Å². The van der Waals surface area contributed by atoms with Crippen molar-refractivity contribution in [1.82, 2.24) is 10.2 Å². The fourth-order valence-corrected chi connectivity index (χ4v) is 2.33. The van der Waals surface area contributed by atoms with E-state index in [1.165, 1.54) is 0 Å². The summed E-state index contributed by atoms with van der Waals surface area (Å²) in [6.07, 6.45) is 2.14. The smallest absolute Gasteiger partial charge is 0.410 e. The lowest BCUT2D eigenvalue weighted by molar-refractivity contribution is -0.122. The van der Waals surface area contributed by atoms with Gasteiger partial charge in [-0.15, -0.1) is 0 Å². The van der Waals surface area contributed by atoms with Gasteiger partial charge in [0.1, 0.15) is 5.60 Å². The SMILES string of the molecule is CNC(=O)[C@@H](N)CC1CCN(C(=O)OC(C)(C)C)CC1. The van der Waals surface area contributed by atoms with Crippen molar-refractivity contribution in [2.75, 3.05) is 20.1 Å². The van der Waals surface area contributed by atoms with Gasteiger partial charge in [0.2, 0.25) is 5.91 Å². The Morgan fingerprint density at radius 3 is 2.35 bits per heavy atom. The summed E-state index contributed by atoms with van der Waals surface area (Å²) in [7, 11) is 1.59. The molecule has 0 radical (unpaired) electrons. The molecule has 1 rings (SSSR count). The van der Waals surface area contributed by atoms with Crippen LogP contribution in [0, 0.1) is 5.92 Å². The number of likely N-dealkylation sites (N-methyl/N-ethyl adjacent to an activating group) is 1. The number of likely N-dealkylation sites (tertiary alicyclic amines) is 1. The molecule has 1 aliphatic heterocycles. The van der Waals surface area contributed by atoms with Crippen LogP contribution in [0.3, 0.4) is 0 Å². The molecule has 1 heterocycles. The molecule has 0 aromatic carbocycles. The quantitative estimate of drug-likeness (QED) is 0.813. The van der Waals surface area contributed by atoms with E-state index in [0.717, 1.165) is 12.8 Å². The Hall–Kier alpha value is -1.30. The number of hydrogen-bond acceptors (Lipinski definition) is 4. The largest absolute Gasteiger partial charge is 0.444 e. The minimum absolute atomic E-state index is 0.125. The molecule has 20 heavy (non-hydrogen) atoms. The highest BCUT2D eigenvalue weighted by atomic mass is 16.6. The molecule has 0 bridgehead atoms. The van der Waals surface area contributed by atoms with Crippen LogP contribution in [0.15, 0.2) is 0 Å². The maximum atomic E-state index is 11.9. The number of carbonyl (C=O) groups is 2. The Labute approximate surface area is 121 Å². The van der Waals surface area contributed by atoms with Crippen LogP contribution in [-0.4, -0.2) is 48.7 Å². The predicted octanol–water partition coefficient (Wildman–Crippen LogP) is 1.10. The van der Waals surface area contributed by atoms with Crippen LogP contribution in [0.5, 0.6) is 0 Å². The highest BCUT2D eigenvalue weighted by Crippen LogP contribution is 2.23. The molecule has 3 N–H and O–H groups in total. The Morgan fingerprint density at radius 2 is 1.90 bits per heavy atom. The van der Waals surface area contributed by atoms with E-state index in [4.69, 9.17) is 10.5 Å². The molecule has 0 spiro atoms. The van der Waals surface area contributed by atoms with Crippen LogP contribution in [0.25, 0.3) is 0 Å². The summed E-state index contributed by atoms with van der Waals surface area (Å²) in [5.74, 6) is 0.264. The highest BCUT2D eigenvalue weighted by Gasteiger charge is 2.28. The van der Waals surface area contributed by atoms with Gasteiger partial charge < -0.3 is 20.7 Å². The maximum Gasteiger partial charge on any atom is 0.410 e. The molecule has 0 aromatic rings. The molecule has 0 unspecified atom stereocenters. The topological polar surface area (TPSA) is 84.7 Å². The van der Waals surface area contributed by atoms with Crippen molar-refractivity contribution >= 4 is 12.0 Å². The van der Waals surface area contributed by atoms with Crippen LogP contribution >= 0.6 is 0 Å². The first kappa shape index (κ1) is 16.8. The van der Waals surface area contributed by atoms with Crippen LogP contribution < -0.4 is 11.1 Å². The molecule has 0 aromatic heterocycles. The van der Waals surface area contributed by atoms with Crippen LogP contribution in [0.4, 0.5) is 4.79 Å². The maximum absolute atomic E-state index is 11.9. The van der Waals surface area contributed by atoms with Crippen molar-refractivity contribution in [3.8, 4) is 0 Å². The van der Waals surface area contributed by atoms with E-state index in [1.807, 2.05) is 20.8 Å². The number of piperidine rings is 1. The summed E-state index contributed by atoms with van der Waals surface area (Å²) in [5, 5.41) is 2.56. The Balaban J connectivity index is 2.36. The molecule has 6 heteroatoms. The van der Waals surface area contributed by atoms with Crippen LogP contribution in [-0.2, 0) is 9.53 Å². The lowest BCUT2D eigenvalue weighted by atomic mass is 9.90. The summed E-state index contributed by atoms with van der Waals surface area (Å²) in [6, 6.07) is -0.460. The molecule has 0 aliphatic carbocycles. The van der Waals surface area contributed by atoms with Crippen molar-refractivity contribution in [3.05, 3.63) is 0 Å². The summed E-state index contributed by atoms with van der Waals surface area (Å²) < 4.78 is 5.35. The molecule has 1 aliphatic rings. The van der Waals surface area contributed by atoms with Crippen LogP contribution in [0.1, 0.15) is 40.0 Å². The van der Waals surface area contributed by atoms with E-state index in [0.29, 0.717) is 25.4 Å². The Kier molecular flexibility index (Phi) is 5.80. The number of carbonyl (C=O) groups excluding carboxylic acids is 2. The second-order valence-electron chi connectivity index (χ2n) is 6.37. The van der Waals surface area contributed by atoms with Gasteiger partial charge in [-0.3, -0.25) is 4.79 Å². The van der Waals surface area contributed by atoms with Gasteiger partial charge in [0.15, 0.2) is 0 Å². The number of amides is 2. The third kappa shape index (κ3) is 5.36. The second kappa shape index (κ2) is 6.92. The number of nitrogens with one attached hydrogen (secondary N) is 1. The summed E-state index contributed by atoms with van der Waals surface area (Å²) in [5.41, 5.74) is 5.36. The Morgan fingerprint density at radius 1 is 1.35 bits per heavy atom. The minimum atomic E-state index is -0.463. The second-order valence-corrected chi connectivity index (χ2v) is 6.37. The summed E-state index contributed by atoms with van der Waals surface area (Å²) in [4.78, 5) is 25.0. The summed E-state index contributed by atoms with van der Waals surface area (Å²) >= 11 is 0. The molecular formula is C14H27N3O3. The van der Waals surface area contributed by atoms with E-state index in [1.54, 1.807) is 11.9 Å². The predicted molar refractivity (Wildman–Crippen MR) is 77.2 cm³/mol. The van der Waals surface area contributed by atoms with Gasteiger partial charge in [-0.05, 0) is 46.0 Å². The fraction of sp³-hybridized carbons (Fsp3) is 0.857. The number of rotatable bonds is 3. The zero-order valence-corrected chi connectivity index (χ0v) is 12.9. The average molecular weight is 285 g/mol. The first-order valence-corrected chi connectivity index (χ1v) is 7.18. The van der Waals surface area contributed by atoms with Crippen molar-refractivity contribution < 1.29 is 14.3 Å². The lowest BCUT2D eigenvalue weighted by Gasteiger charge is -2.34. The summed E-state index contributed by atoms with van der Waals surface area (Å²) in [6.45, 7) is 6.92. The Bertz CT molecular complexity index is 344. The first-order chi connectivity index (χ1) is 9.23. The molecule has 2 amide bonds. The van der Waals surface area contributed by atoms with E-state index in [-0.39, 0.29) is 12.0 Å². The normalized spacial score (nSPS) is 18.6. The number of hydrogen-bond donors (Lipinski definition) is 2. The molecule has 1 saturated heterocycles. The van der Waals surface area contributed by atoms with Crippen molar-refractivity contribution in [2.45, 2.75) is 51.7 Å². The molecule has 0 saturated carbocycles. The van der Waals surface area contributed by atoms with Crippen molar-refractivity contribution in [3.63, 3.8) is 0 Å². The molecular weight excluding hydrogens is 258 g/mol. The van der Waals surface area contributed by atoms with Gasteiger partial charge >= 0.3 is 6.09 Å².